The zero-order valence-electron chi connectivity index (χ0n) is 14.7. The van der Waals surface area contributed by atoms with Crippen LogP contribution in [0.5, 0.6) is 11.6 Å². The number of rotatable bonds is 7. The third-order valence-corrected chi connectivity index (χ3v) is 4.51. The van der Waals surface area contributed by atoms with Gasteiger partial charge in [0, 0.05) is 17.8 Å². The molecule has 4 rings (SSSR count). The van der Waals surface area contributed by atoms with Crippen LogP contribution in [0.3, 0.4) is 0 Å². The molecule has 0 spiro atoms. The summed E-state index contributed by atoms with van der Waals surface area (Å²) in [4.78, 5) is 14.8. The molecule has 0 amide bonds. The van der Waals surface area contributed by atoms with Crippen LogP contribution in [0.4, 0.5) is 0 Å². The molecule has 1 aromatic carbocycles. The number of aromatic nitrogens is 2. The van der Waals surface area contributed by atoms with Crippen LogP contribution in [0.15, 0.2) is 82.0 Å². The molecule has 0 saturated heterocycles. The number of oxime groups is 1. The van der Waals surface area contributed by atoms with Gasteiger partial charge in [0.2, 0.25) is 11.8 Å². The van der Waals surface area contributed by atoms with Gasteiger partial charge in [-0.2, -0.15) is 0 Å². The second-order valence-electron chi connectivity index (χ2n) is 5.67. The molecular weight excluding hydrogens is 376 g/mol. The fourth-order valence-electron chi connectivity index (χ4n) is 2.31. The van der Waals surface area contributed by atoms with Gasteiger partial charge < -0.3 is 19.7 Å². The Morgan fingerprint density at radius 2 is 2.00 bits per heavy atom. The van der Waals surface area contributed by atoms with E-state index >= 15 is 0 Å². The highest BCUT2D eigenvalue weighted by atomic mass is 32.1. The van der Waals surface area contributed by atoms with Crippen molar-refractivity contribution >= 4 is 17.2 Å². The molecule has 4 aromatic rings. The van der Waals surface area contributed by atoms with Crippen molar-refractivity contribution in [3.05, 3.63) is 83.7 Å². The van der Waals surface area contributed by atoms with Crippen LogP contribution in [-0.2, 0) is 11.4 Å². The van der Waals surface area contributed by atoms with Gasteiger partial charge in [0.1, 0.15) is 17.7 Å². The zero-order chi connectivity index (χ0) is 19.2. The Hall–Kier alpha value is -3.65. The second kappa shape index (κ2) is 8.36. The molecule has 28 heavy (non-hydrogen) atoms. The number of nitrogens with zero attached hydrogens (tertiary/aromatic N) is 3. The molecule has 0 unspecified atom stereocenters. The molecular formula is C20H16N4O3S. The average molecular weight is 392 g/mol. The normalized spacial score (nSPS) is 11.4. The van der Waals surface area contributed by atoms with E-state index in [9.17, 15) is 0 Å². The monoisotopic (exact) mass is 392 g/mol. The predicted octanol–water partition coefficient (Wildman–Crippen LogP) is 4.43. The Morgan fingerprint density at radius 3 is 2.75 bits per heavy atom. The number of hydrogen-bond acceptors (Lipinski definition) is 7. The Labute approximate surface area is 165 Å². The molecule has 0 aliphatic carbocycles. The summed E-state index contributed by atoms with van der Waals surface area (Å²) in [5.41, 5.74) is 7.20. The van der Waals surface area contributed by atoms with Crippen molar-refractivity contribution in [3.8, 4) is 22.4 Å². The number of pyridine rings is 1. The smallest absolute Gasteiger partial charge is 0.236 e. The van der Waals surface area contributed by atoms with Gasteiger partial charge >= 0.3 is 0 Å². The summed E-state index contributed by atoms with van der Waals surface area (Å²) >= 11 is 1.56. The largest absolute Gasteiger partial charge is 0.443 e. The summed E-state index contributed by atoms with van der Waals surface area (Å²) in [5, 5.41) is 5.87. The van der Waals surface area contributed by atoms with Gasteiger partial charge in [-0.05, 0) is 29.6 Å². The summed E-state index contributed by atoms with van der Waals surface area (Å²) in [7, 11) is 0. The van der Waals surface area contributed by atoms with E-state index in [4.69, 9.17) is 19.7 Å². The van der Waals surface area contributed by atoms with Gasteiger partial charge in [-0.3, -0.25) is 0 Å². The van der Waals surface area contributed by atoms with Crippen molar-refractivity contribution in [1.29, 1.82) is 0 Å². The Balaban J connectivity index is 1.34. The fraction of sp³-hybridized carbons (Fsp3) is 0.0500. The molecule has 0 saturated carbocycles. The van der Waals surface area contributed by atoms with E-state index in [-0.39, 0.29) is 12.4 Å². The standard InChI is InChI=1S/C20H16N4O3S/c21-19(14-8-9-18(22-11-14)27-16-5-2-1-3-6-16)24-26-13-15-12-25-20(23-15)17-7-4-10-28-17/h1-12H,13H2,(H2,21,24). The van der Waals surface area contributed by atoms with E-state index in [2.05, 4.69) is 15.1 Å². The first kappa shape index (κ1) is 17.7. The first-order chi connectivity index (χ1) is 13.8. The molecule has 0 aliphatic heterocycles. The highest BCUT2D eigenvalue weighted by Crippen LogP contribution is 2.24. The Bertz CT molecular complexity index is 1040. The molecule has 0 radical (unpaired) electrons. The minimum absolute atomic E-state index is 0.151. The summed E-state index contributed by atoms with van der Waals surface area (Å²) < 4.78 is 11.1. The lowest BCUT2D eigenvalue weighted by Crippen LogP contribution is -2.14. The molecule has 0 fully saturated rings. The topological polar surface area (TPSA) is 95.8 Å². The van der Waals surface area contributed by atoms with Gasteiger partial charge in [0.25, 0.3) is 0 Å². The summed E-state index contributed by atoms with van der Waals surface area (Å²) in [5.74, 6) is 1.94. The van der Waals surface area contributed by atoms with Gasteiger partial charge in [-0.25, -0.2) is 9.97 Å². The van der Waals surface area contributed by atoms with Gasteiger partial charge in [-0.1, -0.05) is 29.4 Å². The summed E-state index contributed by atoms with van der Waals surface area (Å²) in [6.45, 7) is 0.151. The maximum Gasteiger partial charge on any atom is 0.236 e. The van der Waals surface area contributed by atoms with Crippen molar-refractivity contribution < 1.29 is 14.0 Å². The number of para-hydroxylation sites is 1. The third-order valence-electron chi connectivity index (χ3n) is 3.66. The number of thiophene rings is 1. The average Bonchev–Trinajstić information content (AvgIpc) is 3.41. The van der Waals surface area contributed by atoms with E-state index in [0.717, 1.165) is 4.88 Å². The van der Waals surface area contributed by atoms with Crippen LogP contribution in [0, 0.1) is 0 Å². The lowest BCUT2D eigenvalue weighted by Gasteiger charge is -2.05. The summed E-state index contributed by atoms with van der Waals surface area (Å²) in [6.07, 6.45) is 3.11. The molecule has 0 aliphatic rings. The predicted molar refractivity (Wildman–Crippen MR) is 106 cm³/mol. The number of ether oxygens (including phenoxy) is 1. The number of hydrogen-bond donors (Lipinski definition) is 1. The van der Waals surface area contributed by atoms with Crippen LogP contribution in [0.2, 0.25) is 0 Å². The molecule has 2 N–H and O–H groups in total. The zero-order valence-corrected chi connectivity index (χ0v) is 15.5. The van der Waals surface area contributed by atoms with Crippen molar-refractivity contribution in [2.24, 2.45) is 10.9 Å². The van der Waals surface area contributed by atoms with Crippen LogP contribution in [-0.4, -0.2) is 15.8 Å². The van der Waals surface area contributed by atoms with E-state index in [1.54, 1.807) is 29.7 Å². The number of oxazole rings is 1. The van der Waals surface area contributed by atoms with E-state index < -0.39 is 0 Å². The SMILES string of the molecule is N/C(=N/OCc1coc(-c2cccs2)n1)c1ccc(Oc2ccccc2)nc1. The minimum Gasteiger partial charge on any atom is -0.443 e. The van der Waals surface area contributed by atoms with Crippen LogP contribution < -0.4 is 10.5 Å². The number of nitrogens with two attached hydrogens (primary N) is 1. The minimum atomic E-state index is 0.151. The van der Waals surface area contributed by atoms with Gasteiger partial charge in [0.15, 0.2) is 12.4 Å². The lowest BCUT2D eigenvalue weighted by atomic mass is 10.3. The van der Waals surface area contributed by atoms with Crippen molar-refractivity contribution in [3.63, 3.8) is 0 Å². The Kier molecular flexibility index (Phi) is 5.30. The maximum absolute atomic E-state index is 5.95. The Morgan fingerprint density at radius 1 is 1.11 bits per heavy atom. The molecule has 3 heterocycles. The second-order valence-corrected chi connectivity index (χ2v) is 6.62. The molecule has 0 bridgehead atoms. The molecule has 8 heteroatoms. The molecule has 7 nitrogen and oxygen atoms in total. The van der Waals surface area contributed by atoms with Gasteiger partial charge in [0.05, 0.1) is 4.88 Å². The fourth-order valence-corrected chi connectivity index (χ4v) is 2.96. The molecule has 0 atom stereocenters. The maximum atomic E-state index is 5.95. The highest BCUT2D eigenvalue weighted by Gasteiger charge is 2.08. The third kappa shape index (κ3) is 4.36. The highest BCUT2D eigenvalue weighted by molar-refractivity contribution is 7.13. The van der Waals surface area contributed by atoms with Crippen molar-refractivity contribution in [2.75, 3.05) is 0 Å². The first-order valence-corrected chi connectivity index (χ1v) is 9.29. The lowest BCUT2D eigenvalue weighted by molar-refractivity contribution is 0.127. The van der Waals surface area contributed by atoms with E-state index in [1.165, 1.54) is 6.26 Å². The van der Waals surface area contributed by atoms with Crippen molar-refractivity contribution in [2.45, 2.75) is 6.61 Å². The number of amidine groups is 1. The first-order valence-electron chi connectivity index (χ1n) is 8.41. The van der Waals surface area contributed by atoms with Gasteiger partial charge in [-0.15, -0.1) is 11.3 Å². The van der Waals surface area contributed by atoms with E-state index in [1.807, 2.05) is 47.8 Å². The quantitative estimate of drug-likeness (QED) is 0.284. The number of benzene rings is 1. The van der Waals surface area contributed by atoms with Crippen LogP contribution in [0.1, 0.15) is 11.3 Å². The van der Waals surface area contributed by atoms with Crippen molar-refractivity contribution in [1.82, 2.24) is 9.97 Å². The van der Waals surface area contributed by atoms with Crippen LogP contribution >= 0.6 is 11.3 Å². The molecule has 3 aromatic heterocycles. The van der Waals surface area contributed by atoms with E-state index in [0.29, 0.717) is 28.8 Å². The van der Waals surface area contributed by atoms with Crippen LogP contribution in [0.25, 0.3) is 10.8 Å². The summed E-state index contributed by atoms with van der Waals surface area (Å²) in [6, 6.07) is 16.8. The molecule has 140 valence electrons.